The van der Waals surface area contributed by atoms with Gasteiger partial charge in [0.05, 0.1) is 13.3 Å². The van der Waals surface area contributed by atoms with Gasteiger partial charge in [0, 0.05) is 31.7 Å². The van der Waals surface area contributed by atoms with Crippen molar-refractivity contribution in [3.05, 3.63) is 35.9 Å². The zero-order valence-electron chi connectivity index (χ0n) is 12.7. The summed E-state index contributed by atoms with van der Waals surface area (Å²) in [6.07, 6.45) is 4.17. The van der Waals surface area contributed by atoms with Gasteiger partial charge in [0.2, 0.25) is 0 Å². The third-order valence-corrected chi connectivity index (χ3v) is 3.61. The molecule has 0 aromatic heterocycles. The molecule has 0 unspecified atom stereocenters. The van der Waals surface area contributed by atoms with Crippen molar-refractivity contribution in [3.8, 4) is 11.5 Å². The summed E-state index contributed by atoms with van der Waals surface area (Å²) in [6.45, 7) is 7.63. The van der Waals surface area contributed by atoms with Gasteiger partial charge in [-0.05, 0) is 31.2 Å². The summed E-state index contributed by atoms with van der Waals surface area (Å²) in [5.41, 5.74) is 1.71. The molecule has 0 bridgehead atoms. The number of phenols is 1. The number of likely N-dealkylation sites (N-methyl/N-ethyl adjacent to an activating group) is 1. The number of methoxy groups -OCH3 is 1. The van der Waals surface area contributed by atoms with E-state index in [0.717, 1.165) is 37.3 Å². The molecule has 1 N–H and O–H groups in total. The summed E-state index contributed by atoms with van der Waals surface area (Å²) >= 11 is 0. The Morgan fingerprint density at radius 2 is 2.05 bits per heavy atom. The van der Waals surface area contributed by atoms with Crippen molar-refractivity contribution < 1.29 is 9.84 Å². The molecule has 21 heavy (non-hydrogen) atoms. The molecule has 5 heteroatoms. The highest BCUT2D eigenvalue weighted by molar-refractivity contribution is 5.81. The van der Waals surface area contributed by atoms with Gasteiger partial charge < -0.3 is 14.7 Å². The van der Waals surface area contributed by atoms with Crippen molar-refractivity contribution in [1.29, 1.82) is 0 Å². The van der Waals surface area contributed by atoms with Crippen LogP contribution < -0.4 is 4.74 Å². The molecule has 1 fully saturated rings. The van der Waals surface area contributed by atoms with Crippen LogP contribution in [0.25, 0.3) is 0 Å². The van der Waals surface area contributed by atoms with E-state index in [2.05, 4.69) is 28.6 Å². The highest BCUT2D eigenvalue weighted by atomic mass is 16.5. The lowest BCUT2D eigenvalue weighted by Crippen LogP contribution is -2.41. The van der Waals surface area contributed by atoms with Crippen LogP contribution in [0.5, 0.6) is 11.5 Å². The Labute approximate surface area is 126 Å². The van der Waals surface area contributed by atoms with Crippen LogP contribution in [-0.2, 0) is 6.42 Å². The largest absolute Gasteiger partial charge is 0.504 e. The molecule has 1 saturated heterocycles. The second kappa shape index (κ2) is 7.13. The molecule has 1 aromatic carbocycles. The number of hydrogen-bond acceptors (Lipinski definition) is 5. The topological polar surface area (TPSA) is 48.3 Å². The minimum absolute atomic E-state index is 0.175. The normalized spacial score (nSPS) is 16.4. The predicted octanol–water partition coefficient (Wildman–Crippen LogP) is 1.71. The average Bonchev–Trinajstić information content (AvgIpc) is 2.49. The van der Waals surface area contributed by atoms with Gasteiger partial charge in [0.25, 0.3) is 0 Å². The smallest absolute Gasteiger partial charge is 0.161 e. The Kier molecular flexibility index (Phi) is 5.22. The van der Waals surface area contributed by atoms with Gasteiger partial charge in [0.1, 0.15) is 0 Å². The second-order valence-corrected chi connectivity index (χ2v) is 5.23. The highest BCUT2D eigenvalue weighted by Crippen LogP contribution is 2.31. The Hall–Kier alpha value is -2.01. The number of aromatic hydroxyl groups is 1. The van der Waals surface area contributed by atoms with E-state index in [1.54, 1.807) is 19.3 Å². The van der Waals surface area contributed by atoms with Gasteiger partial charge in [-0.3, -0.25) is 5.01 Å². The molecular weight excluding hydrogens is 266 g/mol. The van der Waals surface area contributed by atoms with E-state index < -0.39 is 0 Å². The van der Waals surface area contributed by atoms with Gasteiger partial charge in [-0.1, -0.05) is 6.08 Å². The fourth-order valence-electron chi connectivity index (χ4n) is 2.29. The van der Waals surface area contributed by atoms with E-state index in [1.807, 2.05) is 12.3 Å². The highest BCUT2D eigenvalue weighted by Gasteiger charge is 2.12. The minimum Gasteiger partial charge on any atom is -0.504 e. The molecule has 1 aromatic rings. The first-order chi connectivity index (χ1) is 10.1. The quantitative estimate of drug-likeness (QED) is 0.662. The van der Waals surface area contributed by atoms with Crippen LogP contribution in [0.2, 0.25) is 0 Å². The van der Waals surface area contributed by atoms with Crippen LogP contribution in [0.1, 0.15) is 11.1 Å². The average molecular weight is 289 g/mol. The Morgan fingerprint density at radius 1 is 1.33 bits per heavy atom. The second-order valence-electron chi connectivity index (χ2n) is 5.23. The third-order valence-electron chi connectivity index (χ3n) is 3.61. The number of benzene rings is 1. The number of nitrogens with zero attached hydrogens (tertiary/aromatic N) is 3. The summed E-state index contributed by atoms with van der Waals surface area (Å²) in [6, 6.07) is 3.71. The molecule has 1 heterocycles. The Balaban J connectivity index is 2.15. The van der Waals surface area contributed by atoms with Crippen molar-refractivity contribution in [1.82, 2.24) is 9.91 Å². The number of allylic oxidation sites excluding steroid dienone is 1. The van der Waals surface area contributed by atoms with Gasteiger partial charge in [0.15, 0.2) is 11.5 Å². The van der Waals surface area contributed by atoms with Crippen LogP contribution >= 0.6 is 0 Å². The molecule has 2 rings (SSSR count). The Morgan fingerprint density at radius 3 is 2.67 bits per heavy atom. The lowest BCUT2D eigenvalue weighted by atomic mass is 10.1. The molecule has 0 aliphatic carbocycles. The lowest BCUT2D eigenvalue weighted by Gasteiger charge is -2.30. The maximum Gasteiger partial charge on any atom is 0.161 e. The monoisotopic (exact) mass is 289 g/mol. The first-order valence-electron chi connectivity index (χ1n) is 7.12. The van der Waals surface area contributed by atoms with Crippen LogP contribution in [0.3, 0.4) is 0 Å². The SMILES string of the molecule is C=CCc1cc(/C=N/N2CCN(C)CC2)cc(OC)c1O. The number of piperazine rings is 1. The van der Waals surface area contributed by atoms with E-state index >= 15 is 0 Å². The molecule has 0 radical (unpaired) electrons. The van der Waals surface area contributed by atoms with Gasteiger partial charge in [-0.15, -0.1) is 6.58 Å². The fourth-order valence-corrected chi connectivity index (χ4v) is 2.29. The fraction of sp³-hybridized carbons (Fsp3) is 0.438. The van der Waals surface area contributed by atoms with Gasteiger partial charge >= 0.3 is 0 Å². The van der Waals surface area contributed by atoms with Crippen LogP contribution in [0.4, 0.5) is 0 Å². The molecule has 5 nitrogen and oxygen atoms in total. The van der Waals surface area contributed by atoms with Crippen LogP contribution in [-0.4, -0.2) is 61.6 Å². The van der Waals surface area contributed by atoms with Crippen molar-refractivity contribution in [3.63, 3.8) is 0 Å². The first-order valence-corrected chi connectivity index (χ1v) is 7.12. The Bertz CT molecular complexity index is 520. The standard InChI is InChI=1S/C16H23N3O2/c1-4-5-14-10-13(11-15(21-3)16(14)20)12-17-19-8-6-18(2)7-9-19/h4,10-12,20H,1,5-9H2,2-3H3/b17-12+. The molecule has 0 spiro atoms. The number of ether oxygens (including phenoxy) is 1. The number of hydrazone groups is 1. The van der Waals surface area contributed by atoms with Crippen LogP contribution in [0, 0.1) is 0 Å². The first kappa shape index (κ1) is 15.4. The maximum atomic E-state index is 10.1. The van der Waals surface area contributed by atoms with Crippen molar-refractivity contribution in [2.24, 2.45) is 5.10 Å². The summed E-state index contributed by atoms with van der Waals surface area (Å²) in [5.74, 6) is 0.642. The molecular formula is C16H23N3O2. The number of hydrogen-bond donors (Lipinski definition) is 1. The molecule has 0 amide bonds. The summed E-state index contributed by atoms with van der Waals surface area (Å²) in [4.78, 5) is 2.29. The van der Waals surface area contributed by atoms with Crippen LogP contribution in [0.15, 0.2) is 29.9 Å². The van der Waals surface area contributed by atoms with E-state index in [0.29, 0.717) is 12.2 Å². The van der Waals surface area contributed by atoms with Crippen molar-refractivity contribution in [2.45, 2.75) is 6.42 Å². The minimum atomic E-state index is 0.175. The van der Waals surface area contributed by atoms with Gasteiger partial charge in [-0.25, -0.2) is 0 Å². The van der Waals surface area contributed by atoms with E-state index in [1.165, 1.54) is 0 Å². The maximum absolute atomic E-state index is 10.1. The zero-order chi connectivity index (χ0) is 15.2. The van der Waals surface area contributed by atoms with Crippen molar-refractivity contribution >= 4 is 6.21 Å². The summed E-state index contributed by atoms with van der Waals surface area (Å²) in [7, 11) is 3.67. The molecule has 1 aliphatic rings. The molecule has 0 saturated carbocycles. The summed E-state index contributed by atoms with van der Waals surface area (Å²) < 4.78 is 5.21. The summed E-state index contributed by atoms with van der Waals surface area (Å²) in [5, 5.41) is 16.6. The zero-order valence-corrected chi connectivity index (χ0v) is 12.7. The van der Waals surface area contributed by atoms with E-state index in [4.69, 9.17) is 4.74 Å². The number of phenolic OH excluding ortho intramolecular Hbond substituents is 1. The molecule has 1 aliphatic heterocycles. The van der Waals surface area contributed by atoms with E-state index in [9.17, 15) is 5.11 Å². The lowest BCUT2D eigenvalue weighted by molar-refractivity contribution is 0.159. The van der Waals surface area contributed by atoms with Gasteiger partial charge in [-0.2, -0.15) is 5.10 Å². The van der Waals surface area contributed by atoms with Crippen molar-refractivity contribution in [2.75, 3.05) is 40.3 Å². The predicted molar refractivity (Wildman–Crippen MR) is 85.2 cm³/mol. The third kappa shape index (κ3) is 3.98. The number of rotatable bonds is 5. The van der Waals surface area contributed by atoms with E-state index in [-0.39, 0.29) is 5.75 Å². The molecule has 0 atom stereocenters. The molecule has 114 valence electrons.